The number of anilines is 3. The van der Waals surface area contributed by atoms with Gasteiger partial charge in [-0.3, -0.25) is 18.8 Å². The summed E-state index contributed by atoms with van der Waals surface area (Å²) in [5, 5.41) is 2.74. The van der Waals surface area contributed by atoms with Crippen LogP contribution in [-0.2, 0) is 19.6 Å². The van der Waals surface area contributed by atoms with E-state index >= 15 is 0 Å². The summed E-state index contributed by atoms with van der Waals surface area (Å²) in [6, 6.07) is 20.4. The summed E-state index contributed by atoms with van der Waals surface area (Å²) < 4.78 is 28.3. The van der Waals surface area contributed by atoms with Crippen molar-refractivity contribution in [3.63, 3.8) is 0 Å². The summed E-state index contributed by atoms with van der Waals surface area (Å²) in [5.74, 6) is -0.825. The van der Waals surface area contributed by atoms with E-state index in [1.807, 2.05) is 19.1 Å². The van der Waals surface area contributed by atoms with Crippen molar-refractivity contribution >= 4 is 38.9 Å². The zero-order valence-corrected chi connectivity index (χ0v) is 18.6. The number of para-hydroxylation sites is 2. The van der Waals surface area contributed by atoms with E-state index in [0.717, 1.165) is 15.4 Å². The standard InChI is InChI=1S/C24H23N3O4S/c1-17-12-13-18(2)22(14-17)27(32(30,31)19-8-4-3-5-9-19)16-24(29)26-15-23(28)25-20-10-6-7-11-21(20)26/h3-14H,15-16H2,1-2H3,(H,25,28). The van der Waals surface area contributed by atoms with E-state index < -0.39 is 22.5 Å². The fraction of sp³-hybridized carbons (Fsp3) is 0.167. The predicted octanol–water partition coefficient (Wildman–Crippen LogP) is 3.48. The van der Waals surface area contributed by atoms with Crippen molar-refractivity contribution in [2.24, 2.45) is 0 Å². The van der Waals surface area contributed by atoms with Crippen LogP contribution >= 0.6 is 0 Å². The highest BCUT2D eigenvalue weighted by molar-refractivity contribution is 7.92. The first-order chi connectivity index (χ1) is 15.3. The molecule has 1 heterocycles. The second-order valence-electron chi connectivity index (χ2n) is 7.66. The monoisotopic (exact) mass is 449 g/mol. The van der Waals surface area contributed by atoms with Gasteiger partial charge in [-0.15, -0.1) is 0 Å². The topological polar surface area (TPSA) is 86.8 Å². The number of benzene rings is 3. The van der Waals surface area contributed by atoms with Crippen LogP contribution in [0, 0.1) is 13.8 Å². The molecule has 3 aromatic carbocycles. The van der Waals surface area contributed by atoms with Gasteiger partial charge in [-0.05, 0) is 55.3 Å². The molecule has 1 aliphatic heterocycles. The molecule has 0 radical (unpaired) electrons. The molecule has 1 aliphatic rings. The van der Waals surface area contributed by atoms with E-state index in [2.05, 4.69) is 5.32 Å². The number of hydrogen-bond donors (Lipinski definition) is 1. The average Bonchev–Trinajstić information content (AvgIpc) is 2.79. The van der Waals surface area contributed by atoms with Crippen molar-refractivity contribution in [1.82, 2.24) is 0 Å². The molecule has 0 unspecified atom stereocenters. The highest BCUT2D eigenvalue weighted by Gasteiger charge is 2.33. The third-order valence-corrected chi connectivity index (χ3v) is 7.09. The molecule has 0 bridgehead atoms. The molecular formula is C24H23N3O4S. The van der Waals surface area contributed by atoms with Crippen molar-refractivity contribution < 1.29 is 18.0 Å². The van der Waals surface area contributed by atoms with Gasteiger partial charge in [-0.2, -0.15) is 0 Å². The summed E-state index contributed by atoms with van der Waals surface area (Å²) in [6.45, 7) is 3.05. The van der Waals surface area contributed by atoms with E-state index in [4.69, 9.17) is 0 Å². The van der Waals surface area contributed by atoms with Crippen LogP contribution in [0.1, 0.15) is 11.1 Å². The molecule has 0 saturated heterocycles. The van der Waals surface area contributed by atoms with Crippen molar-refractivity contribution in [2.75, 3.05) is 27.6 Å². The molecule has 0 atom stereocenters. The van der Waals surface area contributed by atoms with Gasteiger partial charge in [-0.25, -0.2) is 8.42 Å². The molecule has 1 N–H and O–H groups in total. The van der Waals surface area contributed by atoms with Crippen LogP contribution < -0.4 is 14.5 Å². The first-order valence-electron chi connectivity index (χ1n) is 10.1. The van der Waals surface area contributed by atoms with Gasteiger partial charge in [0.15, 0.2) is 0 Å². The van der Waals surface area contributed by atoms with E-state index in [1.165, 1.54) is 17.0 Å². The van der Waals surface area contributed by atoms with E-state index in [1.54, 1.807) is 55.5 Å². The SMILES string of the molecule is Cc1ccc(C)c(N(CC(=O)N2CC(=O)Nc3ccccc32)S(=O)(=O)c2ccccc2)c1. The summed E-state index contributed by atoms with van der Waals surface area (Å²) in [5.41, 5.74) is 3.07. The third kappa shape index (κ3) is 4.09. The number of sulfonamides is 1. The normalized spacial score (nSPS) is 13.3. The quantitative estimate of drug-likeness (QED) is 0.646. The molecule has 0 fully saturated rings. The fourth-order valence-electron chi connectivity index (χ4n) is 3.67. The van der Waals surface area contributed by atoms with Crippen molar-refractivity contribution in [1.29, 1.82) is 0 Å². The van der Waals surface area contributed by atoms with Crippen molar-refractivity contribution in [3.8, 4) is 0 Å². The number of hydrogen-bond acceptors (Lipinski definition) is 4. The van der Waals surface area contributed by atoms with Crippen LogP contribution in [0.3, 0.4) is 0 Å². The summed E-state index contributed by atoms with van der Waals surface area (Å²) in [4.78, 5) is 27.0. The highest BCUT2D eigenvalue weighted by atomic mass is 32.2. The molecule has 7 nitrogen and oxygen atoms in total. The predicted molar refractivity (Wildman–Crippen MR) is 124 cm³/mol. The Labute approximate surface area is 187 Å². The molecule has 4 rings (SSSR count). The number of rotatable bonds is 5. The number of nitrogens with one attached hydrogen (secondary N) is 1. The lowest BCUT2D eigenvalue weighted by atomic mass is 10.1. The number of amides is 2. The summed E-state index contributed by atoms with van der Waals surface area (Å²) in [7, 11) is -4.03. The molecule has 32 heavy (non-hydrogen) atoms. The van der Waals surface area contributed by atoms with Crippen molar-refractivity contribution in [3.05, 3.63) is 83.9 Å². The smallest absolute Gasteiger partial charge is 0.264 e. The first kappa shape index (κ1) is 21.6. The third-order valence-electron chi connectivity index (χ3n) is 5.32. The Morgan fingerprint density at radius 2 is 1.69 bits per heavy atom. The maximum absolute atomic E-state index is 13.6. The molecule has 3 aromatic rings. The molecule has 2 amide bonds. The molecule has 0 aliphatic carbocycles. The number of carbonyl (C=O) groups is 2. The Bertz CT molecular complexity index is 1290. The van der Waals surface area contributed by atoms with E-state index in [0.29, 0.717) is 17.1 Å². The number of fused-ring (bicyclic) bond motifs is 1. The maximum Gasteiger partial charge on any atom is 0.264 e. The highest BCUT2D eigenvalue weighted by Crippen LogP contribution is 2.31. The lowest BCUT2D eigenvalue weighted by molar-refractivity contribution is -0.121. The molecule has 164 valence electrons. The minimum atomic E-state index is -4.03. The molecule has 0 saturated carbocycles. The fourth-order valence-corrected chi connectivity index (χ4v) is 5.16. The number of carbonyl (C=O) groups excluding carboxylic acids is 2. The largest absolute Gasteiger partial charge is 0.323 e. The van der Waals surface area contributed by atoms with Gasteiger partial charge in [0.05, 0.1) is 22.0 Å². The molecular weight excluding hydrogens is 426 g/mol. The van der Waals surface area contributed by atoms with Crippen LogP contribution in [0.4, 0.5) is 17.1 Å². The second kappa shape index (κ2) is 8.47. The lowest BCUT2D eigenvalue weighted by Crippen LogP contribution is -2.48. The van der Waals surface area contributed by atoms with Gasteiger partial charge in [-0.1, -0.05) is 42.5 Å². The van der Waals surface area contributed by atoms with Gasteiger partial charge in [0.25, 0.3) is 10.0 Å². The minimum Gasteiger partial charge on any atom is -0.323 e. The Balaban J connectivity index is 1.77. The Morgan fingerprint density at radius 3 is 2.44 bits per heavy atom. The number of aryl methyl sites for hydroxylation is 2. The Hall–Kier alpha value is -3.65. The Kier molecular flexibility index (Phi) is 5.71. The van der Waals surface area contributed by atoms with Gasteiger partial charge in [0.1, 0.15) is 13.1 Å². The average molecular weight is 450 g/mol. The first-order valence-corrected chi connectivity index (χ1v) is 11.6. The van der Waals surface area contributed by atoms with Gasteiger partial charge < -0.3 is 5.32 Å². The molecule has 8 heteroatoms. The van der Waals surface area contributed by atoms with Gasteiger partial charge >= 0.3 is 0 Å². The zero-order chi connectivity index (χ0) is 22.9. The van der Waals surface area contributed by atoms with Crippen LogP contribution in [0.25, 0.3) is 0 Å². The van der Waals surface area contributed by atoms with Gasteiger partial charge in [0.2, 0.25) is 11.8 Å². The maximum atomic E-state index is 13.6. The van der Waals surface area contributed by atoms with Crippen molar-refractivity contribution in [2.45, 2.75) is 18.7 Å². The minimum absolute atomic E-state index is 0.0884. The lowest BCUT2D eigenvalue weighted by Gasteiger charge is -2.32. The second-order valence-corrected chi connectivity index (χ2v) is 9.52. The Morgan fingerprint density at radius 1 is 1.00 bits per heavy atom. The van der Waals surface area contributed by atoms with Gasteiger partial charge in [0, 0.05) is 0 Å². The van der Waals surface area contributed by atoms with E-state index in [-0.39, 0.29) is 17.3 Å². The summed E-state index contributed by atoms with van der Waals surface area (Å²) >= 11 is 0. The van der Waals surface area contributed by atoms with Crippen LogP contribution in [0.2, 0.25) is 0 Å². The number of nitrogens with zero attached hydrogens (tertiary/aromatic N) is 2. The molecule has 0 spiro atoms. The van der Waals surface area contributed by atoms with Crippen LogP contribution in [0.5, 0.6) is 0 Å². The van der Waals surface area contributed by atoms with E-state index in [9.17, 15) is 18.0 Å². The van der Waals surface area contributed by atoms with Crippen LogP contribution in [0.15, 0.2) is 77.7 Å². The van der Waals surface area contributed by atoms with Crippen LogP contribution in [-0.4, -0.2) is 33.3 Å². The molecule has 0 aromatic heterocycles. The zero-order valence-electron chi connectivity index (χ0n) is 17.8. The summed E-state index contributed by atoms with van der Waals surface area (Å²) in [6.07, 6.45) is 0.